The van der Waals surface area contributed by atoms with Gasteiger partial charge in [0.25, 0.3) is 5.89 Å². The van der Waals surface area contributed by atoms with E-state index in [0.717, 1.165) is 22.0 Å². The number of fused-ring (bicyclic) bond motifs is 1. The first-order chi connectivity index (χ1) is 15.6. The Morgan fingerprint density at radius 2 is 1.88 bits per heavy atom. The first-order valence-corrected chi connectivity index (χ1v) is 10.3. The van der Waals surface area contributed by atoms with Crippen molar-refractivity contribution in [3.8, 4) is 17.1 Å². The molecule has 32 heavy (non-hydrogen) atoms. The quantitative estimate of drug-likeness (QED) is 0.318. The maximum Gasteiger partial charge on any atom is 0.268 e. The van der Waals surface area contributed by atoms with Crippen LogP contribution in [0.4, 0.5) is 0 Å². The van der Waals surface area contributed by atoms with Crippen LogP contribution in [0.3, 0.4) is 0 Å². The van der Waals surface area contributed by atoms with Crippen molar-refractivity contribution in [2.24, 2.45) is 0 Å². The van der Waals surface area contributed by atoms with Gasteiger partial charge in [-0.25, -0.2) is 4.98 Å². The highest BCUT2D eigenvalue weighted by Crippen LogP contribution is 2.29. The predicted molar refractivity (Wildman–Crippen MR) is 122 cm³/mol. The number of methoxy groups -OCH3 is 1. The molecule has 3 aromatic heterocycles. The fourth-order valence-corrected chi connectivity index (χ4v) is 3.77. The summed E-state index contributed by atoms with van der Waals surface area (Å²) < 4.78 is 13.2. The Morgan fingerprint density at radius 1 is 1.09 bits per heavy atom. The van der Waals surface area contributed by atoms with Gasteiger partial charge in [0.1, 0.15) is 5.75 Å². The van der Waals surface area contributed by atoms with Crippen LogP contribution >= 0.6 is 11.6 Å². The maximum absolute atomic E-state index is 13.4. The van der Waals surface area contributed by atoms with E-state index < -0.39 is 0 Å². The van der Waals surface area contributed by atoms with Crippen LogP contribution in [-0.4, -0.2) is 27.4 Å². The molecule has 0 aliphatic heterocycles. The monoisotopic (exact) mass is 443 g/mol. The van der Waals surface area contributed by atoms with Gasteiger partial charge >= 0.3 is 0 Å². The van der Waals surface area contributed by atoms with Crippen LogP contribution in [0.15, 0.2) is 83.8 Å². The van der Waals surface area contributed by atoms with E-state index in [2.05, 4.69) is 9.97 Å². The standard InChI is InChI=1S/C25H18ClN3O3/c1-31-19-6-7-22-20(12-19)21(15-29(22)14-16-2-4-18(26)5-3-16)24(30)25-28-13-23(32-25)17-8-10-27-11-9-17/h2-13,15H,14H2,1H3. The van der Waals surface area contributed by atoms with Crippen molar-refractivity contribution in [2.75, 3.05) is 7.11 Å². The highest BCUT2D eigenvalue weighted by molar-refractivity contribution is 6.30. The van der Waals surface area contributed by atoms with Crippen LogP contribution in [0.25, 0.3) is 22.2 Å². The molecule has 0 saturated carbocycles. The lowest BCUT2D eigenvalue weighted by atomic mass is 10.1. The lowest BCUT2D eigenvalue weighted by molar-refractivity contribution is 0.100. The Morgan fingerprint density at radius 3 is 2.62 bits per heavy atom. The zero-order valence-electron chi connectivity index (χ0n) is 17.2. The summed E-state index contributed by atoms with van der Waals surface area (Å²) in [6.45, 7) is 0.584. The van der Waals surface area contributed by atoms with Crippen molar-refractivity contribution < 1.29 is 13.9 Å². The molecule has 5 rings (SSSR count). The molecule has 5 aromatic rings. The zero-order chi connectivity index (χ0) is 22.1. The summed E-state index contributed by atoms with van der Waals surface area (Å²) >= 11 is 6.02. The number of pyridine rings is 1. The number of carbonyl (C=O) groups is 1. The van der Waals surface area contributed by atoms with Crippen molar-refractivity contribution in [3.63, 3.8) is 0 Å². The van der Waals surface area contributed by atoms with Gasteiger partial charge in [-0.15, -0.1) is 0 Å². The van der Waals surface area contributed by atoms with Gasteiger partial charge < -0.3 is 13.7 Å². The normalized spacial score (nSPS) is 11.1. The highest BCUT2D eigenvalue weighted by Gasteiger charge is 2.22. The molecule has 3 heterocycles. The Labute approximate surface area is 189 Å². The third kappa shape index (κ3) is 3.76. The molecule has 0 radical (unpaired) electrons. The molecule has 0 amide bonds. The van der Waals surface area contributed by atoms with Gasteiger partial charge in [-0.05, 0) is 48.0 Å². The molecule has 158 valence electrons. The summed E-state index contributed by atoms with van der Waals surface area (Å²) in [6.07, 6.45) is 6.71. The molecule has 0 spiro atoms. The van der Waals surface area contributed by atoms with Gasteiger partial charge in [-0.1, -0.05) is 23.7 Å². The van der Waals surface area contributed by atoms with Crippen LogP contribution in [0, 0.1) is 0 Å². The lowest BCUT2D eigenvalue weighted by Gasteiger charge is -2.06. The molecule has 0 aliphatic carbocycles. The van der Waals surface area contributed by atoms with E-state index in [-0.39, 0.29) is 11.7 Å². The van der Waals surface area contributed by atoms with Crippen molar-refractivity contribution in [1.82, 2.24) is 14.5 Å². The van der Waals surface area contributed by atoms with E-state index in [1.165, 1.54) is 0 Å². The number of aromatic nitrogens is 3. The van der Waals surface area contributed by atoms with Crippen LogP contribution in [0.2, 0.25) is 5.02 Å². The van der Waals surface area contributed by atoms with Gasteiger partial charge in [-0.2, -0.15) is 0 Å². The molecular weight excluding hydrogens is 426 g/mol. The zero-order valence-corrected chi connectivity index (χ0v) is 17.9. The van der Waals surface area contributed by atoms with Gasteiger partial charge in [-0.3, -0.25) is 9.78 Å². The second-order valence-corrected chi connectivity index (χ2v) is 7.71. The number of carbonyl (C=O) groups excluding carboxylic acids is 1. The topological polar surface area (TPSA) is 70.2 Å². The summed E-state index contributed by atoms with van der Waals surface area (Å²) in [5.74, 6) is 0.919. The maximum atomic E-state index is 13.4. The van der Waals surface area contributed by atoms with E-state index in [0.29, 0.717) is 28.6 Å². The summed E-state index contributed by atoms with van der Waals surface area (Å²) in [4.78, 5) is 21.6. The van der Waals surface area contributed by atoms with Crippen LogP contribution in [0.5, 0.6) is 5.75 Å². The average Bonchev–Trinajstić information content (AvgIpc) is 3.46. The molecule has 0 N–H and O–H groups in total. The first-order valence-electron chi connectivity index (χ1n) is 9.94. The molecule has 7 heteroatoms. The number of benzene rings is 2. The number of rotatable bonds is 6. The Bertz CT molecular complexity index is 1410. The van der Waals surface area contributed by atoms with Gasteiger partial charge in [0.05, 0.1) is 18.9 Å². The summed E-state index contributed by atoms with van der Waals surface area (Å²) in [5, 5.41) is 1.45. The number of hydrogen-bond acceptors (Lipinski definition) is 5. The Balaban J connectivity index is 1.56. The summed E-state index contributed by atoms with van der Waals surface area (Å²) in [7, 11) is 1.60. The van der Waals surface area contributed by atoms with E-state index in [4.69, 9.17) is 20.8 Å². The lowest BCUT2D eigenvalue weighted by Crippen LogP contribution is -2.01. The first kappa shape index (κ1) is 20.0. The minimum absolute atomic E-state index is 0.0326. The van der Waals surface area contributed by atoms with Crippen LogP contribution in [0.1, 0.15) is 21.8 Å². The minimum atomic E-state index is -0.293. The third-order valence-electron chi connectivity index (χ3n) is 5.26. The van der Waals surface area contributed by atoms with Gasteiger partial charge in [0, 0.05) is 46.6 Å². The minimum Gasteiger partial charge on any atom is -0.497 e. The summed E-state index contributed by atoms with van der Waals surface area (Å²) in [5.41, 5.74) is 3.27. The van der Waals surface area contributed by atoms with E-state index in [9.17, 15) is 4.79 Å². The van der Waals surface area contributed by atoms with Crippen molar-refractivity contribution in [3.05, 3.63) is 101 Å². The average molecular weight is 444 g/mol. The van der Waals surface area contributed by atoms with E-state index in [1.807, 2.05) is 53.2 Å². The summed E-state index contributed by atoms with van der Waals surface area (Å²) in [6, 6.07) is 16.9. The molecule has 6 nitrogen and oxygen atoms in total. The SMILES string of the molecule is COc1ccc2c(c1)c(C(=O)c1ncc(-c3ccncc3)o1)cn2Cc1ccc(Cl)cc1. The second kappa shape index (κ2) is 8.32. The van der Waals surface area contributed by atoms with Gasteiger partial charge in [0.2, 0.25) is 5.78 Å². The third-order valence-corrected chi connectivity index (χ3v) is 5.52. The molecule has 0 saturated heterocycles. The fourth-order valence-electron chi connectivity index (χ4n) is 3.65. The van der Waals surface area contributed by atoms with Crippen molar-refractivity contribution in [2.45, 2.75) is 6.54 Å². The van der Waals surface area contributed by atoms with Gasteiger partial charge in [0.15, 0.2) is 5.76 Å². The number of nitrogens with zero attached hydrogens (tertiary/aromatic N) is 3. The Kier molecular flexibility index (Phi) is 5.21. The van der Waals surface area contributed by atoms with E-state index >= 15 is 0 Å². The molecule has 0 atom stereocenters. The number of oxazole rings is 1. The fraction of sp³-hybridized carbons (Fsp3) is 0.0800. The highest BCUT2D eigenvalue weighted by atomic mass is 35.5. The number of halogens is 1. The van der Waals surface area contributed by atoms with Crippen molar-refractivity contribution in [1.29, 1.82) is 0 Å². The molecular formula is C25H18ClN3O3. The number of hydrogen-bond donors (Lipinski definition) is 0. The van der Waals surface area contributed by atoms with Crippen LogP contribution in [-0.2, 0) is 6.54 Å². The molecule has 0 aliphatic rings. The molecule has 0 unspecified atom stereocenters. The van der Waals surface area contributed by atoms with Crippen molar-refractivity contribution >= 4 is 28.3 Å². The molecule has 0 bridgehead atoms. The molecule has 2 aromatic carbocycles. The van der Waals surface area contributed by atoms with E-state index in [1.54, 1.807) is 37.8 Å². The predicted octanol–water partition coefficient (Wildman–Crippen LogP) is 5.63. The number of ether oxygens (including phenoxy) is 1. The largest absolute Gasteiger partial charge is 0.497 e. The van der Waals surface area contributed by atoms with Crippen LogP contribution < -0.4 is 4.74 Å². The Hall–Kier alpha value is -3.90. The molecule has 0 fully saturated rings. The smallest absolute Gasteiger partial charge is 0.268 e. The number of ketones is 1. The second-order valence-electron chi connectivity index (χ2n) is 7.27.